The van der Waals surface area contributed by atoms with Crippen LogP contribution < -0.4 is 0 Å². The third-order valence-corrected chi connectivity index (χ3v) is 1.60. The van der Waals surface area contributed by atoms with Gasteiger partial charge in [0.1, 0.15) is 3.74 Å². The second-order valence-corrected chi connectivity index (χ2v) is 4.47. The van der Waals surface area contributed by atoms with Crippen LogP contribution in [0.5, 0.6) is 0 Å². The maximum atomic E-state index is 3.97. The van der Waals surface area contributed by atoms with Gasteiger partial charge in [-0.25, -0.2) is 9.97 Å². The number of aromatic nitrogens is 2. The van der Waals surface area contributed by atoms with E-state index in [9.17, 15) is 0 Å². The molecule has 1 rings (SSSR count). The van der Waals surface area contributed by atoms with Crippen LogP contribution in [0.25, 0.3) is 0 Å². The zero-order chi connectivity index (χ0) is 6.69. The lowest BCUT2D eigenvalue weighted by molar-refractivity contribution is 1.04. The minimum Gasteiger partial charge on any atom is -0.239 e. The number of alkyl halides is 2. The van der Waals surface area contributed by atoms with Crippen LogP contribution in [-0.4, -0.2) is 9.97 Å². The Morgan fingerprint density at radius 3 is 2.11 bits per heavy atom. The van der Waals surface area contributed by atoms with Gasteiger partial charge in [-0.3, -0.25) is 0 Å². The molecule has 1 heterocycles. The Bertz CT molecular complexity index is 176. The number of nitrogens with zero attached hydrogens (tertiary/aromatic N) is 2. The van der Waals surface area contributed by atoms with E-state index in [1.807, 2.05) is 0 Å². The van der Waals surface area contributed by atoms with E-state index in [0.717, 1.165) is 5.82 Å². The van der Waals surface area contributed by atoms with Crippen molar-refractivity contribution in [2.75, 3.05) is 0 Å². The molecule has 4 heteroatoms. The fraction of sp³-hybridized carbons (Fsp3) is 0.200. The molecule has 0 aliphatic carbocycles. The Morgan fingerprint density at radius 2 is 1.78 bits per heavy atom. The van der Waals surface area contributed by atoms with Crippen molar-refractivity contribution >= 4 is 31.9 Å². The average molecular weight is 252 g/mol. The van der Waals surface area contributed by atoms with Crippen LogP contribution in [0.15, 0.2) is 18.5 Å². The van der Waals surface area contributed by atoms with Crippen molar-refractivity contribution in [1.82, 2.24) is 9.97 Å². The summed E-state index contributed by atoms with van der Waals surface area (Å²) in [4.78, 5) is 7.95. The molecule has 0 fully saturated rings. The van der Waals surface area contributed by atoms with E-state index in [-0.39, 0.29) is 3.74 Å². The summed E-state index contributed by atoms with van der Waals surface area (Å²) in [5, 5.41) is 0. The zero-order valence-corrected chi connectivity index (χ0v) is 7.63. The van der Waals surface area contributed by atoms with Gasteiger partial charge in [0.15, 0.2) is 5.82 Å². The van der Waals surface area contributed by atoms with Crippen molar-refractivity contribution in [2.24, 2.45) is 0 Å². The quantitative estimate of drug-likeness (QED) is 0.716. The summed E-state index contributed by atoms with van der Waals surface area (Å²) in [6.07, 6.45) is 3.41. The summed E-state index contributed by atoms with van der Waals surface area (Å²) in [5.74, 6) is 0.748. The smallest absolute Gasteiger partial charge is 0.152 e. The molecular weight excluding hydrogens is 248 g/mol. The lowest BCUT2D eigenvalue weighted by atomic mass is 10.6. The van der Waals surface area contributed by atoms with Gasteiger partial charge < -0.3 is 0 Å². The Kier molecular flexibility index (Phi) is 2.60. The van der Waals surface area contributed by atoms with Crippen LogP contribution in [0.1, 0.15) is 9.56 Å². The molecule has 1 aromatic heterocycles. The molecule has 0 amide bonds. The minimum absolute atomic E-state index is 0.0613. The van der Waals surface area contributed by atoms with Crippen LogP contribution in [-0.2, 0) is 0 Å². The van der Waals surface area contributed by atoms with Crippen molar-refractivity contribution in [2.45, 2.75) is 3.74 Å². The van der Waals surface area contributed by atoms with E-state index in [0.29, 0.717) is 0 Å². The van der Waals surface area contributed by atoms with Gasteiger partial charge in [0.05, 0.1) is 0 Å². The maximum absolute atomic E-state index is 3.97. The first-order chi connectivity index (χ1) is 4.30. The van der Waals surface area contributed by atoms with E-state index in [4.69, 9.17) is 0 Å². The summed E-state index contributed by atoms with van der Waals surface area (Å²) >= 11 is 6.55. The SMILES string of the molecule is BrC(Br)c1ncccn1. The summed E-state index contributed by atoms with van der Waals surface area (Å²) in [5.41, 5.74) is 0. The molecule has 9 heavy (non-hydrogen) atoms. The molecule has 2 nitrogen and oxygen atoms in total. The highest BCUT2D eigenvalue weighted by Crippen LogP contribution is 2.24. The average Bonchev–Trinajstić information content (AvgIpc) is 1.90. The second kappa shape index (κ2) is 3.27. The van der Waals surface area contributed by atoms with Crippen molar-refractivity contribution in [3.63, 3.8) is 0 Å². The first-order valence-corrected chi connectivity index (χ1v) is 4.19. The molecule has 0 saturated heterocycles. The highest BCUT2D eigenvalue weighted by molar-refractivity contribution is 9.24. The van der Waals surface area contributed by atoms with Gasteiger partial charge in [-0.05, 0) is 6.07 Å². The van der Waals surface area contributed by atoms with Gasteiger partial charge in [-0.2, -0.15) is 0 Å². The summed E-state index contributed by atoms with van der Waals surface area (Å²) < 4.78 is 0.0613. The van der Waals surface area contributed by atoms with Crippen molar-refractivity contribution < 1.29 is 0 Å². The van der Waals surface area contributed by atoms with Crippen molar-refractivity contribution in [3.8, 4) is 0 Å². The molecule has 0 aliphatic rings. The predicted octanol–water partition coefficient (Wildman–Crippen LogP) is 2.26. The number of halogens is 2. The fourth-order valence-corrected chi connectivity index (χ4v) is 0.896. The highest BCUT2D eigenvalue weighted by Gasteiger charge is 2.01. The first kappa shape index (κ1) is 7.15. The zero-order valence-electron chi connectivity index (χ0n) is 4.46. The lowest BCUT2D eigenvalue weighted by Gasteiger charge is -1.95. The van der Waals surface area contributed by atoms with Crippen LogP contribution in [0, 0.1) is 0 Å². The van der Waals surface area contributed by atoms with Gasteiger partial charge in [-0.1, -0.05) is 31.9 Å². The fourth-order valence-electron chi connectivity index (χ4n) is 0.423. The second-order valence-electron chi connectivity index (χ2n) is 1.41. The van der Waals surface area contributed by atoms with E-state index in [2.05, 4.69) is 41.8 Å². The summed E-state index contributed by atoms with van der Waals surface area (Å²) in [6.45, 7) is 0. The predicted molar refractivity (Wildman–Crippen MR) is 42.6 cm³/mol. The van der Waals surface area contributed by atoms with E-state index < -0.39 is 0 Å². The van der Waals surface area contributed by atoms with Crippen LogP contribution >= 0.6 is 31.9 Å². The monoisotopic (exact) mass is 250 g/mol. The molecule has 0 radical (unpaired) electrons. The molecular formula is C5H4Br2N2. The Hall–Kier alpha value is 0.0400. The van der Waals surface area contributed by atoms with Gasteiger partial charge in [0, 0.05) is 12.4 Å². The molecule has 0 N–H and O–H groups in total. The minimum atomic E-state index is 0.0613. The number of hydrogen-bond donors (Lipinski definition) is 0. The third kappa shape index (κ3) is 2.02. The van der Waals surface area contributed by atoms with Crippen LogP contribution in [0.4, 0.5) is 0 Å². The summed E-state index contributed by atoms with van der Waals surface area (Å²) in [6, 6.07) is 1.78. The van der Waals surface area contributed by atoms with E-state index >= 15 is 0 Å². The number of hydrogen-bond acceptors (Lipinski definition) is 2. The molecule has 0 aliphatic heterocycles. The maximum Gasteiger partial charge on any atom is 0.152 e. The van der Waals surface area contributed by atoms with E-state index in [1.54, 1.807) is 18.5 Å². The lowest BCUT2D eigenvalue weighted by Crippen LogP contribution is -1.88. The Morgan fingerprint density at radius 1 is 1.22 bits per heavy atom. The molecule has 0 aromatic carbocycles. The largest absolute Gasteiger partial charge is 0.239 e. The molecule has 0 bridgehead atoms. The molecule has 0 saturated carbocycles. The molecule has 1 aromatic rings. The molecule has 0 unspecified atom stereocenters. The van der Waals surface area contributed by atoms with Crippen LogP contribution in [0.2, 0.25) is 0 Å². The molecule has 0 atom stereocenters. The van der Waals surface area contributed by atoms with Gasteiger partial charge >= 0.3 is 0 Å². The first-order valence-electron chi connectivity index (χ1n) is 2.36. The Labute approximate surface area is 70.0 Å². The van der Waals surface area contributed by atoms with Crippen molar-refractivity contribution in [3.05, 3.63) is 24.3 Å². The highest BCUT2D eigenvalue weighted by atomic mass is 79.9. The normalized spacial score (nSPS) is 10.1. The third-order valence-electron chi connectivity index (χ3n) is 0.781. The Balaban J connectivity index is 2.85. The van der Waals surface area contributed by atoms with E-state index in [1.165, 1.54) is 0 Å². The van der Waals surface area contributed by atoms with Crippen LogP contribution in [0.3, 0.4) is 0 Å². The summed E-state index contributed by atoms with van der Waals surface area (Å²) in [7, 11) is 0. The number of rotatable bonds is 1. The molecule has 0 spiro atoms. The van der Waals surface area contributed by atoms with Crippen molar-refractivity contribution in [1.29, 1.82) is 0 Å². The topological polar surface area (TPSA) is 25.8 Å². The van der Waals surface area contributed by atoms with Gasteiger partial charge in [-0.15, -0.1) is 0 Å². The van der Waals surface area contributed by atoms with Gasteiger partial charge in [0.2, 0.25) is 0 Å². The molecule has 48 valence electrons. The van der Waals surface area contributed by atoms with Gasteiger partial charge in [0.25, 0.3) is 0 Å². The standard InChI is InChI=1S/C5H4Br2N2/c6-4(7)5-8-2-1-3-9-5/h1-4H.